The van der Waals surface area contributed by atoms with E-state index in [1.807, 2.05) is 19.9 Å². The van der Waals surface area contributed by atoms with E-state index in [9.17, 15) is 4.79 Å². The molecule has 80 valence electrons. The summed E-state index contributed by atoms with van der Waals surface area (Å²) in [6.45, 7) is 4.02. The monoisotopic (exact) mass is 214 g/mol. The first-order chi connectivity index (χ1) is 7.66. The quantitative estimate of drug-likeness (QED) is 0.624. The average Bonchev–Trinajstić information content (AvgIpc) is 2.60. The van der Waals surface area contributed by atoms with Gasteiger partial charge in [0.1, 0.15) is 5.39 Å². The maximum absolute atomic E-state index is 11.4. The molecule has 0 amide bonds. The molecule has 16 heavy (non-hydrogen) atoms. The molecule has 2 heterocycles. The van der Waals surface area contributed by atoms with Crippen molar-refractivity contribution in [3.8, 4) is 0 Å². The molecule has 1 N–H and O–H groups in total. The Labute approximate surface area is 90.9 Å². The minimum Gasteiger partial charge on any atom is -0.338 e. The first-order valence-corrected chi connectivity index (χ1v) is 5.04. The molecule has 0 radical (unpaired) electrons. The number of hydrogen-bond donors (Lipinski definition) is 1. The normalized spacial score (nSPS) is 11.4. The van der Waals surface area contributed by atoms with E-state index in [1.54, 1.807) is 6.20 Å². The van der Waals surface area contributed by atoms with Gasteiger partial charge in [0.2, 0.25) is 0 Å². The van der Waals surface area contributed by atoms with Crippen LogP contribution >= 0.6 is 0 Å². The SMILES string of the molecule is Cc1cc(C)c2ncc3c(=O)o[nH]c3c2c1. The van der Waals surface area contributed by atoms with Gasteiger partial charge in [0.05, 0.1) is 11.0 Å². The van der Waals surface area contributed by atoms with Crippen molar-refractivity contribution in [3.63, 3.8) is 0 Å². The third kappa shape index (κ3) is 1.10. The third-order valence-corrected chi connectivity index (χ3v) is 2.77. The van der Waals surface area contributed by atoms with Crippen LogP contribution in [0.4, 0.5) is 0 Å². The minimum absolute atomic E-state index is 0.372. The Bertz CT molecular complexity index is 753. The summed E-state index contributed by atoms with van der Waals surface area (Å²) >= 11 is 0. The summed E-state index contributed by atoms with van der Waals surface area (Å²) in [5, 5.41) is 4.09. The zero-order valence-electron chi connectivity index (χ0n) is 9.00. The number of nitrogens with zero attached hydrogens (tertiary/aromatic N) is 1. The van der Waals surface area contributed by atoms with Crippen molar-refractivity contribution >= 4 is 21.8 Å². The van der Waals surface area contributed by atoms with Gasteiger partial charge in [-0.2, -0.15) is 0 Å². The lowest BCUT2D eigenvalue weighted by atomic mass is 10.1. The summed E-state index contributed by atoms with van der Waals surface area (Å²) in [6.07, 6.45) is 1.56. The van der Waals surface area contributed by atoms with Crippen LogP contribution in [0.25, 0.3) is 21.8 Å². The molecule has 4 nitrogen and oxygen atoms in total. The van der Waals surface area contributed by atoms with Gasteiger partial charge in [0.15, 0.2) is 0 Å². The van der Waals surface area contributed by atoms with Crippen LogP contribution in [0.2, 0.25) is 0 Å². The van der Waals surface area contributed by atoms with Gasteiger partial charge < -0.3 is 4.52 Å². The highest BCUT2D eigenvalue weighted by Gasteiger charge is 2.09. The van der Waals surface area contributed by atoms with Crippen LogP contribution in [0.5, 0.6) is 0 Å². The van der Waals surface area contributed by atoms with Gasteiger partial charge in [-0.15, -0.1) is 0 Å². The summed E-state index contributed by atoms with van der Waals surface area (Å²) in [5.74, 6) is 0. The molecule has 1 aromatic carbocycles. The number of aromatic nitrogens is 2. The third-order valence-electron chi connectivity index (χ3n) is 2.77. The molecule has 0 fully saturated rings. The predicted octanol–water partition coefficient (Wildman–Crippen LogP) is 2.29. The topological polar surface area (TPSA) is 58.9 Å². The highest BCUT2D eigenvalue weighted by Crippen LogP contribution is 2.23. The number of pyridine rings is 1. The molecule has 0 spiro atoms. The van der Waals surface area contributed by atoms with Crippen molar-refractivity contribution in [3.05, 3.63) is 39.9 Å². The van der Waals surface area contributed by atoms with Crippen LogP contribution in [0.1, 0.15) is 11.1 Å². The zero-order valence-corrected chi connectivity index (χ0v) is 9.00. The second-order valence-electron chi connectivity index (χ2n) is 4.02. The van der Waals surface area contributed by atoms with Gasteiger partial charge in [-0.05, 0) is 25.5 Å². The van der Waals surface area contributed by atoms with Gasteiger partial charge >= 0.3 is 5.63 Å². The van der Waals surface area contributed by atoms with E-state index >= 15 is 0 Å². The summed E-state index contributed by atoms with van der Waals surface area (Å²) in [5.41, 5.74) is 3.49. The van der Waals surface area contributed by atoms with Crippen LogP contribution in [-0.2, 0) is 0 Å². The molecule has 0 aliphatic heterocycles. The Hall–Kier alpha value is -2.10. The van der Waals surface area contributed by atoms with E-state index in [2.05, 4.69) is 16.2 Å². The van der Waals surface area contributed by atoms with E-state index in [4.69, 9.17) is 4.52 Å². The highest BCUT2D eigenvalue weighted by atomic mass is 16.5. The molecular formula is C12H10N2O2. The first kappa shape index (κ1) is 9.15. The Morgan fingerprint density at radius 2 is 2.06 bits per heavy atom. The molecule has 0 aliphatic carbocycles. The fourth-order valence-electron chi connectivity index (χ4n) is 2.08. The molecular weight excluding hydrogens is 204 g/mol. The van der Waals surface area contributed by atoms with Gasteiger partial charge in [-0.25, -0.2) is 9.95 Å². The number of aromatic amines is 1. The van der Waals surface area contributed by atoms with Gasteiger partial charge in [-0.3, -0.25) is 4.98 Å². The molecule has 0 atom stereocenters. The van der Waals surface area contributed by atoms with Gasteiger partial charge in [0, 0.05) is 11.6 Å². The van der Waals surface area contributed by atoms with E-state index in [0.717, 1.165) is 27.5 Å². The number of nitrogens with one attached hydrogen (secondary N) is 1. The van der Waals surface area contributed by atoms with Crippen molar-refractivity contribution in [2.45, 2.75) is 13.8 Å². The Balaban J connectivity index is 2.65. The predicted molar refractivity (Wildman–Crippen MR) is 61.6 cm³/mol. The lowest BCUT2D eigenvalue weighted by Crippen LogP contribution is -1.93. The second-order valence-corrected chi connectivity index (χ2v) is 4.02. The maximum atomic E-state index is 11.4. The van der Waals surface area contributed by atoms with Crippen molar-refractivity contribution in [1.29, 1.82) is 0 Å². The fraction of sp³-hybridized carbons (Fsp3) is 0.167. The van der Waals surface area contributed by atoms with Crippen molar-refractivity contribution < 1.29 is 4.52 Å². The van der Waals surface area contributed by atoms with E-state index in [-0.39, 0.29) is 5.63 Å². The fourth-order valence-corrected chi connectivity index (χ4v) is 2.08. The van der Waals surface area contributed by atoms with Gasteiger partial charge in [-0.1, -0.05) is 11.6 Å². The molecule has 3 aromatic rings. The van der Waals surface area contributed by atoms with Crippen LogP contribution < -0.4 is 5.63 Å². The number of hydrogen-bond acceptors (Lipinski definition) is 3. The number of rotatable bonds is 0. The summed E-state index contributed by atoms with van der Waals surface area (Å²) < 4.78 is 4.78. The number of fused-ring (bicyclic) bond motifs is 3. The van der Waals surface area contributed by atoms with E-state index < -0.39 is 0 Å². The minimum atomic E-state index is -0.372. The molecule has 4 heteroatoms. The van der Waals surface area contributed by atoms with Crippen LogP contribution in [-0.4, -0.2) is 10.1 Å². The lowest BCUT2D eigenvalue weighted by molar-refractivity contribution is 0.400. The Kier molecular flexibility index (Phi) is 1.68. The van der Waals surface area contributed by atoms with Crippen molar-refractivity contribution in [1.82, 2.24) is 10.1 Å². The summed E-state index contributed by atoms with van der Waals surface area (Å²) in [4.78, 5) is 15.7. The van der Waals surface area contributed by atoms with Gasteiger partial charge in [0.25, 0.3) is 0 Å². The molecule has 3 rings (SSSR count). The van der Waals surface area contributed by atoms with Crippen molar-refractivity contribution in [2.75, 3.05) is 0 Å². The molecule has 0 bridgehead atoms. The molecule has 0 saturated carbocycles. The van der Waals surface area contributed by atoms with Crippen LogP contribution in [0.15, 0.2) is 27.6 Å². The molecule has 0 aliphatic rings. The molecule has 0 saturated heterocycles. The van der Waals surface area contributed by atoms with Crippen LogP contribution in [0.3, 0.4) is 0 Å². The Morgan fingerprint density at radius 1 is 1.25 bits per heavy atom. The van der Waals surface area contributed by atoms with Crippen LogP contribution in [0, 0.1) is 13.8 Å². The van der Waals surface area contributed by atoms with E-state index in [0.29, 0.717) is 5.39 Å². The van der Waals surface area contributed by atoms with E-state index in [1.165, 1.54) is 0 Å². The maximum Gasteiger partial charge on any atom is 0.366 e. The standard InChI is InChI=1S/C12H10N2O2/c1-6-3-7(2)10-8(4-6)11-9(5-13-10)12(15)16-14-11/h3-5,14H,1-2H3. The lowest BCUT2D eigenvalue weighted by Gasteiger charge is -2.03. The highest BCUT2D eigenvalue weighted by molar-refractivity contribution is 6.03. The number of aryl methyl sites for hydroxylation is 2. The average molecular weight is 214 g/mol. The largest absolute Gasteiger partial charge is 0.366 e. The number of benzene rings is 1. The first-order valence-electron chi connectivity index (χ1n) is 5.04. The van der Waals surface area contributed by atoms with Crippen molar-refractivity contribution in [2.24, 2.45) is 0 Å². The summed E-state index contributed by atoms with van der Waals surface area (Å²) in [7, 11) is 0. The Morgan fingerprint density at radius 3 is 2.88 bits per heavy atom. The molecule has 2 aromatic heterocycles. The smallest absolute Gasteiger partial charge is 0.338 e. The summed E-state index contributed by atoms with van der Waals surface area (Å²) in [6, 6.07) is 4.07. The second kappa shape index (κ2) is 2.95. The number of H-pyrrole nitrogens is 1. The zero-order chi connectivity index (χ0) is 11.3. The molecule has 0 unspecified atom stereocenters.